The van der Waals surface area contributed by atoms with E-state index >= 15 is 0 Å². The van der Waals surface area contributed by atoms with Gasteiger partial charge in [0.25, 0.3) is 5.91 Å². The van der Waals surface area contributed by atoms with Gasteiger partial charge in [0.15, 0.2) is 0 Å². The van der Waals surface area contributed by atoms with Gasteiger partial charge in [-0.3, -0.25) is 4.79 Å². The highest BCUT2D eigenvalue weighted by atomic mass is 32.2. The van der Waals surface area contributed by atoms with E-state index in [0.29, 0.717) is 19.5 Å². The lowest BCUT2D eigenvalue weighted by Gasteiger charge is -2.12. The number of benzene rings is 3. The van der Waals surface area contributed by atoms with Gasteiger partial charge in [0.05, 0.1) is 21.5 Å². The first-order valence-electron chi connectivity index (χ1n) is 9.69. The van der Waals surface area contributed by atoms with Crippen LogP contribution in [0.5, 0.6) is 5.75 Å². The fourth-order valence-corrected chi connectivity index (χ4v) is 4.40. The molecule has 3 aromatic rings. The third-order valence-electron chi connectivity index (χ3n) is 4.89. The summed E-state index contributed by atoms with van der Waals surface area (Å²) in [6, 6.07) is 19.3. The van der Waals surface area contributed by atoms with Gasteiger partial charge in [-0.2, -0.15) is 0 Å². The van der Waals surface area contributed by atoms with E-state index in [-0.39, 0.29) is 21.1 Å². The monoisotopic (exact) mass is 440 g/mol. The molecule has 5 N–H and O–H groups in total. The van der Waals surface area contributed by atoms with Crippen molar-refractivity contribution in [3.63, 3.8) is 0 Å². The third-order valence-corrected chi connectivity index (χ3v) is 6.66. The molecule has 3 rings (SSSR count). The van der Waals surface area contributed by atoms with Crippen molar-refractivity contribution in [2.75, 3.05) is 13.1 Å². The molecule has 1 atom stereocenters. The van der Waals surface area contributed by atoms with Crippen LogP contribution in [0.1, 0.15) is 27.6 Å². The third kappa shape index (κ3) is 5.49. The molecule has 0 spiro atoms. The molecule has 0 unspecified atom stereocenters. The van der Waals surface area contributed by atoms with Gasteiger partial charge in [-0.05, 0) is 54.4 Å². The van der Waals surface area contributed by atoms with Crippen LogP contribution in [0.3, 0.4) is 0 Å². The number of rotatable bonds is 9. The molecule has 0 bridgehead atoms. The number of primary amides is 1. The van der Waals surface area contributed by atoms with Gasteiger partial charge in [-0.1, -0.05) is 42.5 Å². The minimum atomic E-state index is -3.86. The number of hydrogen-bond donors (Lipinski definition) is 4. The van der Waals surface area contributed by atoms with E-state index in [1.807, 2.05) is 30.3 Å². The smallest absolute Gasteiger partial charge is 0.252 e. The number of aliphatic hydroxyl groups is 1. The number of aromatic hydroxyl groups is 1. The molecule has 0 aliphatic rings. The lowest BCUT2D eigenvalue weighted by molar-refractivity contribution is 0.0997. The Morgan fingerprint density at radius 2 is 1.61 bits per heavy atom. The molecule has 0 aliphatic heterocycles. The van der Waals surface area contributed by atoms with Crippen LogP contribution in [0.4, 0.5) is 0 Å². The lowest BCUT2D eigenvalue weighted by atomic mass is 10.1. The maximum absolute atomic E-state index is 12.8. The number of amides is 1. The topological polar surface area (TPSA) is 130 Å². The fraction of sp³-hybridized carbons (Fsp3) is 0.174. The molecule has 1 amide bonds. The summed E-state index contributed by atoms with van der Waals surface area (Å²) in [6.45, 7) is 1.04. The average Bonchev–Trinajstić information content (AvgIpc) is 2.77. The number of nitrogens with one attached hydrogen (secondary N) is 1. The highest BCUT2D eigenvalue weighted by molar-refractivity contribution is 7.91. The van der Waals surface area contributed by atoms with Crippen molar-refractivity contribution in [3.05, 3.63) is 89.5 Å². The van der Waals surface area contributed by atoms with E-state index in [1.165, 1.54) is 18.2 Å². The van der Waals surface area contributed by atoms with Crippen molar-refractivity contribution in [2.24, 2.45) is 5.73 Å². The molecule has 8 heteroatoms. The highest BCUT2D eigenvalue weighted by Gasteiger charge is 2.20. The standard InChI is InChI=1S/C23H24N2O5S/c24-23(28)20-14-19(10-11-21(20)26)31(29,30)18-8-6-16(7-9-18)12-13-25-15-22(27)17-4-2-1-3-5-17/h1-11,14,22,25-27H,12-13,15H2,(H2,24,28)/t22-/m1/s1. The Kier molecular flexibility index (Phi) is 7.06. The van der Waals surface area contributed by atoms with Crippen LogP contribution in [0, 0.1) is 0 Å². The van der Waals surface area contributed by atoms with Gasteiger partial charge in [0.1, 0.15) is 5.75 Å². The molecule has 0 radical (unpaired) electrons. The second-order valence-electron chi connectivity index (χ2n) is 7.07. The molecule has 31 heavy (non-hydrogen) atoms. The van der Waals surface area contributed by atoms with Crippen molar-refractivity contribution >= 4 is 15.7 Å². The normalized spacial score (nSPS) is 12.4. The molecule has 0 heterocycles. The molecular weight excluding hydrogens is 416 g/mol. The largest absolute Gasteiger partial charge is 0.507 e. The second kappa shape index (κ2) is 9.74. The summed E-state index contributed by atoms with van der Waals surface area (Å²) < 4.78 is 25.7. The van der Waals surface area contributed by atoms with Crippen LogP contribution >= 0.6 is 0 Å². The van der Waals surface area contributed by atoms with E-state index in [0.717, 1.165) is 23.3 Å². The van der Waals surface area contributed by atoms with Crippen molar-refractivity contribution < 1.29 is 23.4 Å². The molecular formula is C23H24N2O5S. The molecule has 0 aliphatic carbocycles. The number of phenols is 1. The minimum absolute atomic E-state index is 0.0739. The van der Waals surface area contributed by atoms with Crippen LogP contribution in [0.2, 0.25) is 0 Å². The van der Waals surface area contributed by atoms with Crippen LogP contribution in [0.15, 0.2) is 82.6 Å². The molecule has 0 saturated carbocycles. The molecule has 0 fully saturated rings. The quantitative estimate of drug-likeness (QED) is 0.378. The van der Waals surface area contributed by atoms with Gasteiger partial charge in [-0.15, -0.1) is 0 Å². The average molecular weight is 441 g/mol. The summed E-state index contributed by atoms with van der Waals surface area (Å²) >= 11 is 0. The Morgan fingerprint density at radius 1 is 0.968 bits per heavy atom. The van der Waals surface area contributed by atoms with Gasteiger partial charge in [0.2, 0.25) is 9.84 Å². The molecule has 7 nitrogen and oxygen atoms in total. The zero-order chi connectivity index (χ0) is 22.4. The van der Waals surface area contributed by atoms with Gasteiger partial charge >= 0.3 is 0 Å². The van der Waals surface area contributed by atoms with E-state index in [2.05, 4.69) is 5.32 Å². The first-order valence-corrected chi connectivity index (χ1v) is 11.2. The Morgan fingerprint density at radius 3 is 2.26 bits per heavy atom. The number of hydrogen-bond acceptors (Lipinski definition) is 6. The zero-order valence-corrected chi connectivity index (χ0v) is 17.5. The predicted octanol–water partition coefficient (Wildman–Crippen LogP) is 2.19. The predicted molar refractivity (Wildman–Crippen MR) is 116 cm³/mol. The Bertz CT molecular complexity index is 1150. The molecule has 162 valence electrons. The SMILES string of the molecule is NC(=O)c1cc(S(=O)(=O)c2ccc(CCNC[C@@H](O)c3ccccc3)cc2)ccc1O. The molecule has 0 saturated heterocycles. The number of carbonyl (C=O) groups excluding carboxylic acids is 1. The Balaban J connectivity index is 1.61. The van der Waals surface area contributed by atoms with Crippen LogP contribution in [-0.4, -0.2) is 37.6 Å². The summed E-state index contributed by atoms with van der Waals surface area (Å²) in [6.07, 6.45) is 0.0664. The number of nitrogens with two attached hydrogens (primary N) is 1. The van der Waals surface area contributed by atoms with E-state index < -0.39 is 21.8 Å². The maximum atomic E-state index is 12.8. The van der Waals surface area contributed by atoms with Crippen molar-refractivity contribution in [1.82, 2.24) is 5.32 Å². The van der Waals surface area contributed by atoms with Crippen LogP contribution in [-0.2, 0) is 16.3 Å². The molecule has 3 aromatic carbocycles. The fourth-order valence-electron chi connectivity index (χ4n) is 3.12. The number of carbonyl (C=O) groups is 1. The van der Waals surface area contributed by atoms with E-state index in [9.17, 15) is 23.4 Å². The maximum Gasteiger partial charge on any atom is 0.252 e. The number of sulfone groups is 1. The summed E-state index contributed by atoms with van der Waals surface area (Å²) in [5, 5.41) is 23.0. The highest BCUT2D eigenvalue weighted by Crippen LogP contribution is 2.26. The summed E-state index contributed by atoms with van der Waals surface area (Å²) in [4.78, 5) is 11.3. The van der Waals surface area contributed by atoms with Crippen molar-refractivity contribution in [1.29, 1.82) is 0 Å². The Labute approximate surface area is 181 Å². The van der Waals surface area contributed by atoms with E-state index in [4.69, 9.17) is 5.73 Å². The van der Waals surface area contributed by atoms with Gasteiger partial charge < -0.3 is 21.3 Å². The lowest BCUT2D eigenvalue weighted by Crippen LogP contribution is -2.23. The zero-order valence-electron chi connectivity index (χ0n) is 16.7. The Hall–Kier alpha value is -3.20. The second-order valence-corrected chi connectivity index (χ2v) is 9.02. The number of aliphatic hydroxyl groups excluding tert-OH is 1. The minimum Gasteiger partial charge on any atom is -0.507 e. The van der Waals surface area contributed by atoms with E-state index in [1.54, 1.807) is 12.1 Å². The summed E-state index contributed by atoms with van der Waals surface area (Å²) in [5.74, 6) is -1.28. The van der Waals surface area contributed by atoms with Crippen molar-refractivity contribution in [3.8, 4) is 5.75 Å². The van der Waals surface area contributed by atoms with Crippen LogP contribution in [0.25, 0.3) is 0 Å². The van der Waals surface area contributed by atoms with Crippen molar-refractivity contribution in [2.45, 2.75) is 22.3 Å². The van der Waals surface area contributed by atoms with Gasteiger partial charge in [-0.25, -0.2) is 8.42 Å². The molecule has 0 aromatic heterocycles. The van der Waals surface area contributed by atoms with Gasteiger partial charge in [0, 0.05) is 6.54 Å². The van der Waals surface area contributed by atoms with Crippen LogP contribution < -0.4 is 11.1 Å². The first-order chi connectivity index (χ1) is 14.8. The summed E-state index contributed by atoms with van der Waals surface area (Å²) in [5.41, 5.74) is 6.71. The first kappa shape index (κ1) is 22.5. The summed E-state index contributed by atoms with van der Waals surface area (Å²) in [7, 11) is -3.86.